The Bertz CT molecular complexity index is 1160. The quantitative estimate of drug-likeness (QED) is 0.244. The van der Waals surface area contributed by atoms with Gasteiger partial charge in [-0.05, 0) is 79.4 Å². The monoisotopic (exact) mass is 466 g/mol. The van der Waals surface area contributed by atoms with Gasteiger partial charge in [0.15, 0.2) is 0 Å². The highest BCUT2D eigenvalue weighted by Gasteiger charge is 2.34. The Hall–Kier alpha value is -3.92. The van der Waals surface area contributed by atoms with E-state index < -0.39 is 0 Å². The Labute approximate surface area is 208 Å². The summed E-state index contributed by atoms with van der Waals surface area (Å²) >= 11 is 0. The summed E-state index contributed by atoms with van der Waals surface area (Å²) in [7, 11) is 0. The van der Waals surface area contributed by atoms with Crippen molar-refractivity contribution in [3.63, 3.8) is 0 Å². The van der Waals surface area contributed by atoms with Crippen LogP contribution in [-0.4, -0.2) is 0 Å². The molecule has 4 nitrogen and oxygen atoms in total. The Morgan fingerprint density at radius 2 is 1.03 bits per heavy atom. The summed E-state index contributed by atoms with van der Waals surface area (Å²) in [6, 6.07) is 31.5. The predicted octanol–water partition coefficient (Wildman–Crippen LogP) is 8.18. The van der Waals surface area contributed by atoms with Crippen LogP contribution in [0.3, 0.4) is 0 Å². The van der Waals surface area contributed by atoms with Gasteiger partial charge in [0, 0.05) is 27.9 Å². The fraction of sp³-hybridized carbons (Fsp3) is 0.226. The molecule has 180 valence electrons. The van der Waals surface area contributed by atoms with Crippen LogP contribution in [0, 0.1) is 5.92 Å². The Morgan fingerprint density at radius 3 is 1.43 bits per heavy atom. The van der Waals surface area contributed by atoms with Crippen molar-refractivity contribution in [1.29, 1.82) is 0 Å². The highest BCUT2D eigenvalue weighted by atomic mass is 16.5. The van der Waals surface area contributed by atoms with Crippen molar-refractivity contribution in [2.24, 2.45) is 5.92 Å². The minimum atomic E-state index is -0.348. The lowest BCUT2D eigenvalue weighted by Crippen LogP contribution is -2.25. The molecule has 0 aliphatic carbocycles. The summed E-state index contributed by atoms with van der Waals surface area (Å²) in [5, 5.41) is 0. The maximum Gasteiger partial charge on any atom is 0.131 e. The van der Waals surface area contributed by atoms with Crippen LogP contribution in [0.2, 0.25) is 0 Å². The number of para-hydroxylation sites is 2. The second-order valence-corrected chi connectivity index (χ2v) is 9.60. The maximum absolute atomic E-state index is 6.40. The van der Waals surface area contributed by atoms with Crippen LogP contribution >= 0.6 is 0 Å². The van der Waals surface area contributed by atoms with Crippen molar-refractivity contribution in [3.8, 4) is 23.0 Å². The molecule has 4 aromatic rings. The van der Waals surface area contributed by atoms with E-state index in [1.165, 1.54) is 0 Å². The molecule has 0 radical (unpaired) electrons. The van der Waals surface area contributed by atoms with E-state index in [-0.39, 0.29) is 5.41 Å². The molecule has 0 bridgehead atoms. The molecule has 4 rings (SSSR count). The first kappa shape index (κ1) is 24.2. The first-order chi connectivity index (χ1) is 16.8. The van der Waals surface area contributed by atoms with Gasteiger partial charge in [-0.1, -0.05) is 57.2 Å². The lowest BCUT2D eigenvalue weighted by molar-refractivity contribution is 0.397. The first-order valence-corrected chi connectivity index (χ1v) is 12.1. The van der Waals surface area contributed by atoms with E-state index in [0.29, 0.717) is 17.3 Å². The van der Waals surface area contributed by atoms with Crippen LogP contribution in [0.15, 0.2) is 97.1 Å². The average molecular weight is 467 g/mol. The lowest BCUT2D eigenvalue weighted by atomic mass is 9.71. The molecule has 0 heterocycles. The Kier molecular flexibility index (Phi) is 7.31. The zero-order valence-electron chi connectivity index (χ0n) is 20.7. The minimum Gasteiger partial charge on any atom is -0.457 e. The summed E-state index contributed by atoms with van der Waals surface area (Å²) in [5.74, 6) is 3.72. The molecule has 0 aliphatic rings. The van der Waals surface area contributed by atoms with Gasteiger partial charge in [0.05, 0.1) is 0 Å². The average Bonchev–Trinajstić information content (AvgIpc) is 2.86. The number of nitrogen functional groups attached to an aromatic ring is 2. The Morgan fingerprint density at radius 1 is 0.629 bits per heavy atom. The largest absolute Gasteiger partial charge is 0.457 e. The van der Waals surface area contributed by atoms with E-state index >= 15 is 0 Å². The molecule has 0 atom stereocenters. The fourth-order valence-corrected chi connectivity index (χ4v) is 4.34. The highest BCUT2D eigenvalue weighted by molar-refractivity contribution is 5.54. The lowest BCUT2D eigenvalue weighted by Gasteiger charge is -2.34. The molecule has 0 unspecified atom stereocenters. The molecule has 35 heavy (non-hydrogen) atoms. The third-order valence-electron chi connectivity index (χ3n) is 6.40. The van der Waals surface area contributed by atoms with Crippen LogP contribution in [-0.2, 0) is 5.41 Å². The summed E-state index contributed by atoms with van der Waals surface area (Å²) in [4.78, 5) is 0. The van der Waals surface area contributed by atoms with E-state index in [9.17, 15) is 0 Å². The molecule has 0 aliphatic heterocycles. The van der Waals surface area contributed by atoms with Gasteiger partial charge >= 0.3 is 0 Å². The predicted molar refractivity (Wildman–Crippen MR) is 145 cm³/mol. The van der Waals surface area contributed by atoms with E-state index in [4.69, 9.17) is 20.9 Å². The van der Waals surface area contributed by atoms with Gasteiger partial charge in [-0.25, -0.2) is 0 Å². The van der Waals surface area contributed by atoms with Crippen LogP contribution in [0.25, 0.3) is 0 Å². The van der Waals surface area contributed by atoms with E-state index in [1.54, 1.807) is 0 Å². The number of rotatable bonds is 9. The molecule has 0 spiro atoms. The van der Waals surface area contributed by atoms with Gasteiger partial charge in [0.25, 0.3) is 0 Å². The maximum atomic E-state index is 6.40. The van der Waals surface area contributed by atoms with Gasteiger partial charge in [-0.15, -0.1) is 0 Å². The number of hydrogen-bond donors (Lipinski definition) is 2. The molecule has 0 fully saturated rings. The smallest absolute Gasteiger partial charge is 0.131 e. The molecular formula is C31H34N2O2. The molecule has 4 N–H and O–H groups in total. The number of hydrogen-bond acceptors (Lipinski definition) is 4. The minimum absolute atomic E-state index is 0.348. The van der Waals surface area contributed by atoms with E-state index in [1.807, 2.05) is 72.8 Å². The molecule has 4 aromatic carbocycles. The number of anilines is 2. The summed E-state index contributed by atoms with van der Waals surface area (Å²) in [5.41, 5.74) is 15.1. The van der Waals surface area contributed by atoms with Gasteiger partial charge in [-0.3, -0.25) is 0 Å². The summed E-state index contributed by atoms with van der Waals surface area (Å²) < 4.78 is 12.8. The van der Waals surface area contributed by atoms with Crippen molar-refractivity contribution in [1.82, 2.24) is 0 Å². The summed E-state index contributed by atoms with van der Waals surface area (Å²) in [6.07, 6.45) is 2.00. The van der Waals surface area contributed by atoms with Crippen LogP contribution in [0.4, 0.5) is 11.4 Å². The third-order valence-corrected chi connectivity index (χ3v) is 6.40. The van der Waals surface area contributed by atoms with E-state index in [2.05, 4.69) is 45.0 Å². The van der Waals surface area contributed by atoms with E-state index in [0.717, 1.165) is 47.0 Å². The van der Waals surface area contributed by atoms with Crippen molar-refractivity contribution >= 4 is 11.4 Å². The van der Waals surface area contributed by atoms with Gasteiger partial charge in [0.2, 0.25) is 0 Å². The molecule has 0 aromatic heterocycles. The van der Waals surface area contributed by atoms with Crippen molar-refractivity contribution in [2.75, 3.05) is 11.5 Å². The third kappa shape index (κ3) is 5.78. The standard InChI is InChI=1S/C31H34N2O2/c1-22(2)20-21-31(3,27-8-4-6-10-29(27)34-25-16-12-23(32)13-17-25)28-9-5-7-11-30(28)35-26-18-14-24(33)15-19-26/h4-19,22H,20-21,32-33H2,1-3H3. The number of ether oxygens (including phenoxy) is 2. The second-order valence-electron chi connectivity index (χ2n) is 9.60. The van der Waals surface area contributed by atoms with Gasteiger partial charge in [0.1, 0.15) is 23.0 Å². The van der Waals surface area contributed by atoms with Crippen LogP contribution in [0.1, 0.15) is 44.7 Å². The molecule has 0 amide bonds. The number of nitrogens with two attached hydrogens (primary N) is 2. The first-order valence-electron chi connectivity index (χ1n) is 12.1. The normalized spacial score (nSPS) is 11.4. The second kappa shape index (κ2) is 10.6. The summed E-state index contributed by atoms with van der Waals surface area (Å²) in [6.45, 7) is 6.80. The SMILES string of the molecule is CC(C)CCC(C)(c1ccccc1Oc1ccc(N)cc1)c1ccccc1Oc1ccc(N)cc1. The zero-order valence-corrected chi connectivity index (χ0v) is 20.7. The topological polar surface area (TPSA) is 70.5 Å². The van der Waals surface area contributed by atoms with Crippen LogP contribution < -0.4 is 20.9 Å². The molecular weight excluding hydrogens is 432 g/mol. The Balaban J connectivity index is 1.79. The molecule has 0 saturated carbocycles. The number of benzene rings is 4. The van der Waals surface area contributed by atoms with Gasteiger partial charge in [-0.2, -0.15) is 0 Å². The molecule has 0 saturated heterocycles. The molecule has 4 heteroatoms. The van der Waals surface area contributed by atoms with Gasteiger partial charge < -0.3 is 20.9 Å². The van der Waals surface area contributed by atoms with Crippen molar-refractivity contribution in [3.05, 3.63) is 108 Å². The fourth-order valence-electron chi connectivity index (χ4n) is 4.34. The van der Waals surface area contributed by atoms with Crippen molar-refractivity contribution in [2.45, 2.75) is 39.0 Å². The highest BCUT2D eigenvalue weighted by Crippen LogP contribution is 2.46. The van der Waals surface area contributed by atoms with Crippen LogP contribution in [0.5, 0.6) is 23.0 Å². The zero-order chi connectivity index (χ0) is 24.8. The van der Waals surface area contributed by atoms with Crippen molar-refractivity contribution < 1.29 is 9.47 Å².